The first-order chi connectivity index (χ1) is 13.7. The highest BCUT2D eigenvalue weighted by Gasteiger charge is 2.58. The van der Waals surface area contributed by atoms with E-state index >= 15 is 0 Å². The maximum Gasteiger partial charge on any atom is 0.222 e. The summed E-state index contributed by atoms with van der Waals surface area (Å²) in [5, 5.41) is 0. The summed E-state index contributed by atoms with van der Waals surface area (Å²) >= 11 is 0. The molecule has 160 valence electrons. The monoisotopic (exact) mass is 397 g/mol. The van der Waals surface area contributed by atoms with E-state index in [1.54, 1.807) is 4.90 Å². The van der Waals surface area contributed by atoms with E-state index < -0.39 is 0 Å². The number of rotatable bonds is 4. The Morgan fingerprint density at radius 3 is 2.66 bits per heavy atom. The van der Waals surface area contributed by atoms with E-state index in [9.17, 15) is 9.59 Å². The number of nitrogens with zero attached hydrogens (tertiary/aromatic N) is 1. The third kappa shape index (κ3) is 3.33. The van der Waals surface area contributed by atoms with Crippen molar-refractivity contribution in [3.63, 3.8) is 0 Å². The average Bonchev–Trinajstić information content (AvgIpc) is 3.03. The van der Waals surface area contributed by atoms with Crippen LogP contribution in [0.25, 0.3) is 0 Å². The van der Waals surface area contributed by atoms with Crippen LogP contribution in [0, 0.1) is 40.4 Å². The first-order valence-electron chi connectivity index (χ1n) is 11.8. The van der Waals surface area contributed by atoms with Crippen LogP contribution in [0.1, 0.15) is 72.1 Å². The Morgan fingerprint density at radius 2 is 1.93 bits per heavy atom. The lowest BCUT2D eigenvalue weighted by Gasteiger charge is -2.57. The van der Waals surface area contributed by atoms with Crippen molar-refractivity contribution in [3.05, 3.63) is 23.8 Å². The van der Waals surface area contributed by atoms with Gasteiger partial charge in [0.15, 0.2) is 5.78 Å². The summed E-state index contributed by atoms with van der Waals surface area (Å²) in [6.45, 7) is 7.36. The fourth-order valence-corrected chi connectivity index (χ4v) is 7.95. The van der Waals surface area contributed by atoms with Gasteiger partial charge in [0.25, 0.3) is 0 Å². The van der Waals surface area contributed by atoms with Gasteiger partial charge in [-0.2, -0.15) is 0 Å². The second-order valence-electron chi connectivity index (χ2n) is 11.1. The topological polar surface area (TPSA) is 37.4 Å². The zero-order valence-corrected chi connectivity index (χ0v) is 19.0. The predicted octanol–water partition coefficient (Wildman–Crippen LogP) is 5.42. The summed E-state index contributed by atoms with van der Waals surface area (Å²) in [6.07, 6.45) is 15.3. The van der Waals surface area contributed by atoms with Crippen molar-refractivity contribution in [3.8, 4) is 0 Å². The highest BCUT2D eigenvalue weighted by Crippen LogP contribution is 2.67. The predicted molar refractivity (Wildman–Crippen MR) is 117 cm³/mol. The standard InChI is InChI=1S/C26H39NO2/c1-17(6-11-24(29)27(4)5)21-9-10-22-20-8-7-18-16-19(28)12-14-25(18,2)23(20)13-15-26(21,22)3/h12,14,16-17,20-23H,6-11,13,15H2,1-5H3/t17-,20+,21-,22+,23+,25+,26-/m1/s1. The molecule has 0 radical (unpaired) electrons. The summed E-state index contributed by atoms with van der Waals surface area (Å²) in [5.41, 5.74) is 1.91. The van der Waals surface area contributed by atoms with Gasteiger partial charge in [-0.25, -0.2) is 0 Å². The van der Waals surface area contributed by atoms with Crippen LogP contribution in [0.3, 0.4) is 0 Å². The maximum absolute atomic E-state index is 12.1. The van der Waals surface area contributed by atoms with Crippen LogP contribution in [0.15, 0.2) is 23.8 Å². The van der Waals surface area contributed by atoms with Crippen LogP contribution in [0.5, 0.6) is 0 Å². The Morgan fingerprint density at radius 1 is 1.17 bits per heavy atom. The molecule has 0 saturated heterocycles. The Balaban J connectivity index is 1.50. The van der Waals surface area contributed by atoms with E-state index in [1.807, 2.05) is 26.2 Å². The number of fused-ring (bicyclic) bond motifs is 5. The van der Waals surface area contributed by atoms with Gasteiger partial charge in [-0.1, -0.05) is 32.4 Å². The molecule has 3 heteroatoms. The summed E-state index contributed by atoms with van der Waals surface area (Å²) in [4.78, 5) is 25.8. The first kappa shape index (κ1) is 20.9. The van der Waals surface area contributed by atoms with E-state index in [0.29, 0.717) is 23.7 Å². The fourth-order valence-electron chi connectivity index (χ4n) is 7.95. The van der Waals surface area contributed by atoms with Crippen LogP contribution in [0.4, 0.5) is 0 Å². The molecule has 3 nitrogen and oxygen atoms in total. The molecular weight excluding hydrogens is 358 g/mol. The molecule has 7 atom stereocenters. The van der Waals surface area contributed by atoms with Gasteiger partial charge in [-0.3, -0.25) is 9.59 Å². The number of carbonyl (C=O) groups is 2. The van der Waals surface area contributed by atoms with Crippen LogP contribution < -0.4 is 0 Å². The molecule has 0 spiro atoms. The SMILES string of the molecule is C[C@H](CCC(=O)N(C)C)[C@H]1CC[C@H]2[C@@H]3CCC4=CC(=O)C=C[C@]4(C)[C@H]3CC[C@]12C. The lowest BCUT2D eigenvalue weighted by Crippen LogP contribution is -2.50. The molecule has 3 fully saturated rings. The van der Waals surface area contributed by atoms with E-state index in [4.69, 9.17) is 0 Å². The number of hydrogen-bond donors (Lipinski definition) is 0. The Hall–Kier alpha value is -1.38. The lowest BCUT2D eigenvalue weighted by atomic mass is 9.47. The average molecular weight is 398 g/mol. The second kappa shape index (κ2) is 7.39. The van der Waals surface area contributed by atoms with Crippen LogP contribution in [-0.2, 0) is 9.59 Å². The van der Waals surface area contributed by atoms with Gasteiger partial charge in [0.05, 0.1) is 0 Å². The quantitative estimate of drug-likeness (QED) is 0.635. The van der Waals surface area contributed by atoms with Crippen molar-refractivity contribution in [1.82, 2.24) is 4.90 Å². The van der Waals surface area contributed by atoms with Crippen LogP contribution in [-0.4, -0.2) is 30.7 Å². The first-order valence-corrected chi connectivity index (χ1v) is 11.8. The molecule has 0 aromatic carbocycles. The molecule has 0 heterocycles. The van der Waals surface area contributed by atoms with Gasteiger partial charge in [0, 0.05) is 25.9 Å². The molecule has 4 aliphatic carbocycles. The smallest absolute Gasteiger partial charge is 0.222 e. The van der Waals surface area contributed by atoms with Gasteiger partial charge in [0.2, 0.25) is 5.91 Å². The summed E-state index contributed by atoms with van der Waals surface area (Å²) in [7, 11) is 3.72. The molecule has 0 bridgehead atoms. The van der Waals surface area contributed by atoms with Crippen molar-refractivity contribution in [2.24, 2.45) is 40.4 Å². The van der Waals surface area contributed by atoms with E-state index in [-0.39, 0.29) is 17.1 Å². The molecule has 29 heavy (non-hydrogen) atoms. The summed E-state index contributed by atoms with van der Waals surface area (Å²) < 4.78 is 0. The maximum atomic E-state index is 12.1. The molecule has 1 amide bonds. The molecule has 4 rings (SSSR count). The molecule has 0 aliphatic heterocycles. The normalized spacial score (nSPS) is 41.8. The number of allylic oxidation sites excluding steroid dienone is 4. The van der Waals surface area contributed by atoms with Crippen molar-refractivity contribution < 1.29 is 9.59 Å². The van der Waals surface area contributed by atoms with Crippen molar-refractivity contribution in [2.45, 2.75) is 72.1 Å². The van der Waals surface area contributed by atoms with Crippen molar-refractivity contribution in [1.29, 1.82) is 0 Å². The Bertz CT molecular complexity index is 750. The molecule has 0 unspecified atom stereocenters. The largest absolute Gasteiger partial charge is 0.349 e. The Kier molecular flexibility index (Phi) is 5.32. The highest BCUT2D eigenvalue weighted by atomic mass is 16.2. The molecule has 0 aromatic rings. The van der Waals surface area contributed by atoms with Gasteiger partial charge < -0.3 is 4.90 Å². The Labute approximate surface area is 177 Å². The number of carbonyl (C=O) groups excluding carboxylic acids is 2. The van der Waals surface area contributed by atoms with E-state index in [2.05, 4.69) is 26.8 Å². The number of amides is 1. The minimum Gasteiger partial charge on any atom is -0.349 e. The number of ketones is 1. The van der Waals surface area contributed by atoms with Gasteiger partial charge in [0.1, 0.15) is 0 Å². The van der Waals surface area contributed by atoms with Crippen molar-refractivity contribution >= 4 is 11.7 Å². The van der Waals surface area contributed by atoms with Crippen LogP contribution in [0.2, 0.25) is 0 Å². The zero-order chi connectivity index (χ0) is 21.0. The van der Waals surface area contributed by atoms with Gasteiger partial charge in [-0.05, 0) is 92.1 Å². The highest BCUT2D eigenvalue weighted by molar-refractivity contribution is 6.01. The molecule has 4 aliphatic rings. The van der Waals surface area contributed by atoms with Crippen molar-refractivity contribution in [2.75, 3.05) is 14.1 Å². The third-order valence-electron chi connectivity index (χ3n) is 9.63. The number of hydrogen-bond acceptors (Lipinski definition) is 2. The lowest BCUT2D eigenvalue weighted by molar-refractivity contribution is -0.129. The van der Waals surface area contributed by atoms with Gasteiger partial charge >= 0.3 is 0 Å². The van der Waals surface area contributed by atoms with Gasteiger partial charge in [-0.15, -0.1) is 0 Å². The molecule has 3 saturated carbocycles. The van der Waals surface area contributed by atoms with E-state index in [1.165, 1.54) is 37.7 Å². The summed E-state index contributed by atoms with van der Waals surface area (Å²) in [6, 6.07) is 0. The molecular formula is C26H39NO2. The zero-order valence-electron chi connectivity index (χ0n) is 19.0. The fraction of sp³-hybridized carbons (Fsp3) is 0.769. The molecule has 0 N–H and O–H groups in total. The minimum atomic E-state index is 0.0972. The van der Waals surface area contributed by atoms with Crippen LogP contribution >= 0.6 is 0 Å². The third-order valence-corrected chi connectivity index (χ3v) is 9.63. The van der Waals surface area contributed by atoms with E-state index in [0.717, 1.165) is 30.6 Å². The summed E-state index contributed by atoms with van der Waals surface area (Å²) in [5.74, 6) is 4.09. The second-order valence-corrected chi connectivity index (χ2v) is 11.1. The minimum absolute atomic E-state index is 0.0972. The molecule has 0 aromatic heterocycles.